The van der Waals surface area contributed by atoms with Gasteiger partial charge in [-0.1, -0.05) is 0 Å². The molecule has 0 aliphatic rings. The molecule has 0 unspecified atom stereocenters. The lowest BCUT2D eigenvalue weighted by Gasteiger charge is -2.11. The molecule has 1 aromatic carbocycles. The molecule has 0 atom stereocenters. The molecule has 0 fully saturated rings. The summed E-state index contributed by atoms with van der Waals surface area (Å²) in [7, 11) is 0. The highest BCUT2D eigenvalue weighted by atomic mass is 32.1. The molecule has 2 rings (SSSR count). The summed E-state index contributed by atoms with van der Waals surface area (Å²) < 4.78 is 53.7. The first-order valence-corrected chi connectivity index (χ1v) is 6.79. The summed E-state index contributed by atoms with van der Waals surface area (Å²) in [4.78, 5) is 25.4. The van der Waals surface area contributed by atoms with E-state index in [4.69, 9.17) is 0 Å². The lowest BCUT2D eigenvalue weighted by molar-refractivity contribution is -0.205. The molecule has 23 heavy (non-hydrogen) atoms. The van der Waals surface area contributed by atoms with E-state index >= 15 is 0 Å². The van der Waals surface area contributed by atoms with E-state index in [0.717, 1.165) is 12.1 Å². The molecule has 1 N–H and O–H groups in total. The Morgan fingerprint density at radius 3 is 2.52 bits per heavy atom. The Bertz CT molecular complexity index is 715. The van der Waals surface area contributed by atoms with Gasteiger partial charge in [-0.05, 0) is 34.5 Å². The van der Waals surface area contributed by atoms with E-state index in [1.807, 2.05) is 0 Å². The number of hydrogen-bond donors (Lipinski definition) is 1. The van der Waals surface area contributed by atoms with Crippen LogP contribution in [0.1, 0.15) is 0 Å². The minimum atomic E-state index is -5.27. The van der Waals surface area contributed by atoms with Crippen LogP contribution in [0.5, 0.6) is 5.75 Å². The van der Waals surface area contributed by atoms with Crippen molar-refractivity contribution in [2.75, 3.05) is 0 Å². The van der Waals surface area contributed by atoms with E-state index in [-0.39, 0.29) is 5.75 Å². The van der Waals surface area contributed by atoms with Gasteiger partial charge in [0.15, 0.2) is 0 Å². The third kappa shape index (κ3) is 4.42. The van der Waals surface area contributed by atoms with Gasteiger partial charge in [0.25, 0.3) is 0 Å². The molecule has 0 aliphatic heterocycles. The molecule has 0 saturated carbocycles. The fourth-order valence-electron chi connectivity index (χ4n) is 1.50. The van der Waals surface area contributed by atoms with Crippen LogP contribution in [0.3, 0.4) is 0 Å². The number of carbonyl (C=O) groups is 2. The Hall–Kier alpha value is -2.62. The topological polar surface area (TPSA) is 64.6 Å². The lowest BCUT2D eigenvalue weighted by atomic mass is 10.1. The molecule has 122 valence electrons. The zero-order valence-electron chi connectivity index (χ0n) is 11.0. The summed E-state index contributed by atoms with van der Waals surface area (Å²) >= 11 is 1.34. The number of benzene rings is 1. The third-order valence-corrected chi connectivity index (χ3v) is 3.12. The number of carbonyl (C=O) groups excluding carboxylic acids is 2. The van der Waals surface area contributed by atoms with Crippen molar-refractivity contribution in [2.24, 2.45) is 0 Å². The Balaban J connectivity index is 2.09. The number of thiophene rings is 1. The number of alkyl halides is 3. The quantitative estimate of drug-likeness (QED) is 0.664. The first-order chi connectivity index (χ1) is 10.8. The minimum absolute atomic E-state index is 0.246. The largest absolute Gasteiger partial charge is 0.493 e. The number of halogens is 4. The van der Waals surface area contributed by atoms with Crippen molar-refractivity contribution < 1.29 is 36.7 Å². The highest BCUT2D eigenvalue weighted by Gasteiger charge is 2.42. The molecule has 0 aliphatic carbocycles. The second kappa shape index (κ2) is 6.65. The predicted octanol–water partition coefficient (Wildman–Crippen LogP) is 3.66. The molecule has 1 heterocycles. The maximum absolute atomic E-state index is 13.3. The van der Waals surface area contributed by atoms with E-state index < -0.39 is 24.1 Å². The van der Waals surface area contributed by atoms with E-state index in [0.29, 0.717) is 11.1 Å². The van der Waals surface area contributed by atoms with Crippen molar-refractivity contribution in [3.05, 3.63) is 40.8 Å². The summed E-state index contributed by atoms with van der Waals surface area (Å²) in [6.07, 6.45) is -6.78. The van der Waals surface area contributed by atoms with E-state index in [2.05, 4.69) is 9.57 Å². The summed E-state index contributed by atoms with van der Waals surface area (Å²) in [6, 6.07) is 5.01. The Kier molecular flexibility index (Phi) is 4.84. The standard InChI is InChI=1S/C13H7F4NO4S/c14-8-1-2-9(7-3-4-23-6-7)10(5-8)21-12(20)18-22-11(19)13(15,16)17/h1-6H,(H,18,20). The van der Waals surface area contributed by atoms with E-state index in [1.54, 1.807) is 16.8 Å². The molecule has 10 heteroatoms. The zero-order valence-corrected chi connectivity index (χ0v) is 11.8. The van der Waals surface area contributed by atoms with E-state index in [1.165, 1.54) is 22.9 Å². The van der Waals surface area contributed by atoms with Crippen molar-refractivity contribution in [3.63, 3.8) is 0 Å². The van der Waals surface area contributed by atoms with Crippen LogP contribution >= 0.6 is 11.3 Å². The predicted molar refractivity (Wildman–Crippen MR) is 71.0 cm³/mol. The molecule has 0 spiro atoms. The average Bonchev–Trinajstić information content (AvgIpc) is 2.97. The molecule has 0 bridgehead atoms. The average molecular weight is 349 g/mol. The monoisotopic (exact) mass is 349 g/mol. The summed E-state index contributed by atoms with van der Waals surface area (Å²) in [5.74, 6) is -3.59. The van der Waals surface area contributed by atoms with Crippen molar-refractivity contribution in [1.29, 1.82) is 0 Å². The van der Waals surface area contributed by atoms with Gasteiger partial charge in [-0.15, -0.1) is 5.48 Å². The highest BCUT2D eigenvalue weighted by molar-refractivity contribution is 7.08. The fraction of sp³-hybridized carbons (Fsp3) is 0.0769. The van der Waals surface area contributed by atoms with Crippen LogP contribution in [-0.2, 0) is 9.63 Å². The second-order valence-corrected chi connectivity index (χ2v) is 4.81. The molecule has 1 amide bonds. The Morgan fingerprint density at radius 1 is 1.17 bits per heavy atom. The lowest BCUT2D eigenvalue weighted by Crippen LogP contribution is -2.36. The van der Waals surface area contributed by atoms with Crippen LogP contribution < -0.4 is 10.2 Å². The molecular weight excluding hydrogens is 342 g/mol. The number of hydroxylamine groups is 1. The number of rotatable bonds is 2. The highest BCUT2D eigenvalue weighted by Crippen LogP contribution is 2.32. The van der Waals surface area contributed by atoms with Crippen LogP contribution in [0.25, 0.3) is 11.1 Å². The molecule has 0 saturated heterocycles. The van der Waals surface area contributed by atoms with Crippen LogP contribution in [0.2, 0.25) is 0 Å². The molecule has 1 aromatic heterocycles. The maximum atomic E-state index is 13.3. The first kappa shape index (κ1) is 16.7. The number of ether oxygens (including phenoxy) is 1. The van der Waals surface area contributed by atoms with Gasteiger partial charge in [0.1, 0.15) is 11.6 Å². The van der Waals surface area contributed by atoms with Crippen LogP contribution in [0, 0.1) is 5.82 Å². The van der Waals surface area contributed by atoms with Crippen LogP contribution in [-0.4, -0.2) is 18.2 Å². The molecule has 2 aromatic rings. The third-order valence-electron chi connectivity index (χ3n) is 2.44. The van der Waals surface area contributed by atoms with Gasteiger partial charge in [0.2, 0.25) is 0 Å². The first-order valence-electron chi connectivity index (χ1n) is 5.85. The number of hydrogen-bond acceptors (Lipinski definition) is 5. The number of amides is 1. The van der Waals surface area contributed by atoms with Gasteiger partial charge in [0, 0.05) is 11.6 Å². The fourth-order valence-corrected chi connectivity index (χ4v) is 2.16. The molecule has 0 radical (unpaired) electrons. The molecule has 5 nitrogen and oxygen atoms in total. The SMILES string of the molecule is O=C(NOC(=O)C(F)(F)F)Oc1cc(F)ccc1-c1ccsc1. The van der Waals surface area contributed by atoms with Crippen molar-refractivity contribution in [2.45, 2.75) is 6.18 Å². The van der Waals surface area contributed by atoms with Crippen molar-refractivity contribution >= 4 is 23.4 Å². The van der Waals surface area contributed by atoms with Gasteiger partial charge in [-0.25, -0.2) is 14.0 Å². The van der Waals surface area contributed by atoms with Crippen molar-refractivity contribution in [3.8, 4) is 16.9 Å². The van der Waals surface area contributed by atoms with Gasteiger partial charge in [0.05, 0.1) is 0 Å². The smallest absolute Gasteiger partial charge is 0.407 e. The summed E-state index contributed by atoms with van der Waals surface area (Å²) in [5.41, 5.74) is 2.13. The van der Waals surface area contributed by atoms with Gasteiger partial charge in [-0.3, -0.25) is 0 Å². The number of nitrogens with one attached hydrogen (secondary N) is 1. The van der Waals surface area contributed by atoms with Gasteiger partial charge in [-0.2, -0.15) is 24.5 Å². The van der Waals surface area contributed by atoms with Crippen molar-refractivity contribution in [1.82, 2.24) is 5.48 Å². The Morgan fingerprint density at radius 2 is 1.91 bits per heavy atom. The van der Waals surface area contributed by atoms with Gasteiger partial charge < -0.3 is 9.57 Å². The minimum Gasteiger partial charge on any atom is -0.407 e. The van der Waals surface area contributed by atoms with Gasteiger partial charge >= 0.3 is 18.2 Å². The zero-order chi connectivity index (χ0) is 17.0. The summed E-state index contributed by atoms with van der Waals surface area (Å²) in [6.45, 7) is 0. The Labute approximate surface area is 130 Å². The second-order valence-electron chi connectivity index (χ2n) is 4.03. The maximum Gasteiger partial charge on any atom is 0.493 e. The summed E-state index contributed by atoms with van der Waals surface area (Å²) in [5, 5.41) is 3.43. The normalized spacial score (nSPS) is 11.0. The van der Waals surface area contributed by atoms with Crippen LogP contribution in [0.4, 0.5) is 22.4 Å². The van der Waals surface area contributed by atoms with E-state index in [9.17, 15) is 27.2 Å². The van der Waals surface area contributed by atoms with Crippen LogP contribution in [0.15, 0.2) is 35.0 Å². The molecular formula is C13H7F4NO4S.